The van der Waals surface area contributed by atoms with Gasteiger partial charge in [-0.2, -0.15) is 0 Å². The van der Waals surface area contributed by atoms with Crippen molar-refractivity contribution in [1.82, 2.24) is 10.1 Å². The minimum absolute atomic E-state index is 0.404. The summed E-state index contributed by atoms with van der Waals surface area (Å²) >= 11 is 14.4. The molecule has 0 saturated heterocycles. The standard InChI is InChI=1S/C25H17Cl2N3O2S/c1-14-6-11-20-21(12-14)33-25(28-20)16-7-9-17(10-8-16)30(13-31)24-15(2)32-29-23(24)22-18(26)4-3-5-19(22)27/h3-13H,1-2H3. The molecule has 0 atom stereocenters. The summed E-state index contributed by atoms with van der Waals surface area (Å²) in [6.07, 6.45) is 0.725. The predicted molar refractivity (Wildman–Crippen MR) is 135 cm³/mol. The van der Waals surface area contributed by atoms with E-state index in [1.54, 1.807) is 36.5 Å². The molecule has 5 aromatic rings. The molecule has 2 heterocycles. The number of anilines is 2. The number of thiazole rings is 1. The van der Waals surface area contributed by atoms with Crippen molar-refractivity contribution in [3.63, 3.8) is 0 Å². The van der Waals surface area contributed by atoms with Gasteiger partial charge in [0.2, 0.25) is 6.41 Å². The molecule has 0 spiro atoms. The number of carbonyl (C=O) groups excluding carboxylic acids is 1. The summed E-state index contributed by atoms with van der Waals surface area (Å²) in [5.41, 5.74) is 5.21. The number of benzene rings is 3. The number of nitrogens with zero attached hydrogens (tertiary/aromatic N) is 3. The Balaban J connectivity index is 1.54. The van der Waals surface area contributed by atoms with Gasteiger partial charge in [-0.05, 0) is 67.9 Å². The molecule has 2 aromatic heterocycles. The van der Waals surface area contributed by atoms with Crippen molar-refractivity contribution in [2.75, 3.05) is 4.90 Å². The molecule has 164 valence electrons. The Bertz CT molecular complexity index is 1470. The summed E-state index contributed by atoms with van der Waals surface area (Å²) in [6, 6.07) is 19.0. The molecule has 0 aliphatic rings. The van der Waals surface area contributed by atoms with Gasteiger partial charge in [0, 0.05) is 16.8 Å². The lowest BCUT2D eigenvalue weighted by Crippen LogP contribution is -2.15. The highest BCUT2D eigenvalue weighted by atomic mass is 35.5. The van der Waals surface area contributed by atoms with Crippen molar-refractivity contribution in [3.8, 4) is 21.8 Å². The van der Waals surface area contributed by atoms with Crippen LogP contribution in [0.5, 0.6) is 0 Å². The van der Waals surface area contributed by atoms with E-state index in [2.05, 4.69) is 24.2 Å². The molecule has 0 radical (unpaired) electrons. The fourth-order valence-electron chi connectivity index (χ4n) is 3.70. The van der Waals surface area contributed by atoms with Crippen LogP contribution in [0.3, 0.4) is 0 Å². The molecule has 0 fully saturated rings. The number of carbonyl (C=O) groups is 1. The Kier molecular flexibility index (Phi) is 5.66. The smallest absolute Gasteiger partial charge is 0.218 e. The molecule has 1 amide bonds. The largest absolute Gasteiger partial charge is 0.359 e. The summed E-state index contributed by atoms with van der Waals surface area (Å²) in [5.74, 6) is 0.471. The van der Waals surface area contributed by atoms with Crippen molar-refractivity contribution in [2.24, 2.45) is 0 Å². The zero-order valence-corrected chi connectivity index (χ0v) is 20.0. The molecule has 0 saturated carbocycles. The SMILES string of the molecule is Cc1ccc2nc(-c3ccc(N(C=O)c4c(-c5c(Cl)cccc5Cl)noc4C)cc3)sc2c1. The summed E-state index contributed by atoms with van der Waals surface area (Å²) in [5, 5.41) is 5.91. The van der Waals surface area contributed by atoms with E-state index in [0.717, 1.165) is 27.2 Å². The highest BCUT2D eigenvalue weighted by molar-refractivity contribution is 7.21. The second-order valence-electron chi connectivity index (χ2n) is 7.55. The average Bonchev–Trinajstić information content (AvgIpc) is 3.39. The number of aryl methyl sites for hydroxylation is 2. The molecule has 8 heteroatoms. The quantitative estimate of drug-likeness (QED) is 0.234. The van der Waals surface area contributed by atoms with Crippen molar-refractivity contribution in [2.45, 2.75) is 13.8 Å². The molecule has 0 bridgehead atoms. The van der Waals surface area contributed by atoms with E-state index < -0.39 is 0 Å². The molecule has 0 unspecified atom stereocenters. The van der Waals surface area contributed by atoms with Gasteiger partial charge in [0.15, 0.2) is 5.76 Å². The average molecular weight is 494 g/mol. The first kappa shape index (κ1) is 21.6. The van der Waals surface area contributed by atoms with Gasteiger partial charge in [-0.25, -0.2) is 4.98 Å². The summed E-state index contributed by atoms with van der Waals surface area (Å²) in [4.78, 5) is 18.4. The van der Waals surface area contributed by atoms with Gasteiger partial charge in [0.25, 0.3) is 0 Å². The molecule has 5 nitrogen and oxygen atoms in total. The number of aromatic nitrogens is 2. The topological polar surface area (TPSA) is 59.2 Å². The summed E-state index contributed by atoms with van der Waals surface area (Å²) in [7, 11) is 0. The monoisotopic (exact) mass is 493 g/mol. The second kappa shape index (κ2) is 8.63. The first-order chi connectivity index (χ1) is 16.0. The Morgan fingerprint density at radius 3 is 2.42 bits per heavy atom. The lowest BCUT2D eigenvalue weighted by Gasteiger charge is -2.18. The van der Waals surface area contributed by atoms with E-state index >= 15 is 0 Å². The lowest BCUT2D eigenvalue weighted by molar-refractivity contribution is -0.106. The molecule has 0 N–H and O–H groups in total. The third-order valence-corrected chi connectivity index (χ3v) is 7.01. The van der Waals surface area contributed by atoms with Crippen molar-refractivity contribution in [1.29, 1.82) is 0 Å². The maximum absolute atomic E-state index is 12.2. The van der Waals surface area contributed by atoms with E-state index in [-0.39, 0.29) is 0 Å². The number of halogens is 2. The lowest BCUT2D eigenvalue weighted by atomic mass is 10.1. The second-order valence-corrected chi connectivity index (χ2v) is 9.39. The van der Waals surface area contributed by atoms with Gasteiger partial charge in [0.05, 0.1) is 20.3 Å². The van der Waals surface area contributed by atoms with Crippen molar-refractivity contribution >= 4 is 62.5 Å². The van der Waals surface area contributed by atoms with Crippen LogP contribution < -0.4 is 4.90 Å². The van der Waals surface area contributed by atoms with Crippen LogP contribution in [0.1, 0.15) is 11.3 Å². The summed E-state index contributed by atoms with van der Waals surface area (Å²) in [6.45, 7) is 3.81. The first-order valence-corrected chi connectivity index (χ1v) is 11.7. The van der Waals surface area contributed by atoms with Crippen molar-refractivity contribution < 1.29 is 9.32 Å². The molecule has 5 rings (SSSR count). The van der Waals surface area contributed by atoms with Gasteiger partial charge in [-0.1, -0.05) is 40.5 Å². The van der Waals surface area contributed by atoms with Gasteiger partial charge < -0.3 is 4.52 Å². The van der Waals surface area contributed by atoms with E-state index in [9.17, 15) is 4.79 Å². The number of hydrogen-bond acceptors (Lipinski definition) is 5. The van der Waals surface area contributed by atoms with E-state index in [1.165, 1.54) is 10.5 Å². The maximum Gasteiger partial charge on any atom is 0.218 e. The van der Waals surface area contributed by atoms with Gasteiger partial charge >= 0.3 is 0 Å². The number of rotatable bonds is 5. The maximum atomic E-state index is 12.2. The van der Waals surface area contributed by atoms with Gasteiger partial charge in [0.1, 0.15) is 16.4 Å². The van der Waals surface area contributed by atoms with Crippen LogP contribution in [-0.2, 0) is 4.79 Å². The van der Waals surface area contributed by atoms with Crippen LogP contribution in [0.2, 0.25) is 10.0 Å². The van der Waals surface area contributed by atoms with Crippen LogP contribution in [0.15, 0.2) is 65.2 Å². The summed E-state index contributed by atoms with van der Waals surface area (Å²) < 4.78 is 6.57. The van der Waals surface area contributed by atoms with Crippen LogP contribution >= 0.6 is 34.5 Å². The Morgan fingerprint density at radius 1 is 1.00 bits per heavy atom. The fourth-order valence-corrected chi connectivity index (χ4v) is 5.35. The van der Waals surface area contributed by atoms with Gasteiger partial charge in [-0.15, -0.1) is 11.3 Å². The van der Waals surface area contributed by atoms with E-state index in [4.69, 9.17) is 32.7 Å². The molecule has 3 aromatic carbocycles. The van der Waals surface area contributed by atoms with Crippen LogP contribution in [0, 0.1) is 13.8 Å². The van der Waals surface area contributed by atoms with Crippen LogP contribution in [0.25, 0.3) is 32.0 Å². The molecular formula is C25H17Cl2N3O2S. The number of hydrogen-bond donors (Lipinski definition) is 0. The predicted octanol–water partition coefficient (Wildman–Crippen LogP) is 7.84. The first-order valence-electron chi connectivity index (χ1n) is 10.1. The third-order valence-electron chi connectivity index (χ3n) is 5.31. The fraction of sp³-hybridized carbons (Fsp3) is 0.0800. The van der Waals surface area contributed by atoms with E-state index in [1.807, 2.05) is 30.3 Å². The molecular weight excluding hydrogens is 477 g/mol. The van der Waals surface area contributed by atoms with Crippen LogP contribution in [0.4, 0.5) is 11.4 Å². The normalized spacial score (nSPS) is 11.2. The van der Waals surface area contributed by atoms with Gasteiger partial charge in [-0.3, -0.25) is 9.69 Å². The zero-order chi connectivity index (χ0) is 23.1. The highest BCUT2D eigenvalue weighted by Crippen LogP contribution is 2.43. The van der Waals surface area contributed by atoms with Crippen LogP contribution in [-0.4, -0.2) is 16.6 Å². The minimum Gasteiger partial charge on any atom is -0.359 e. The molecule has 0 aliphatic carbocycles. The number of fused-ring (bicyclic) bond motifs is 1. The Hall–Kier alpha value is -3.19. The highest BCUT2D eigenvalue weighted by Gasteiger charge is 2.25. The van der Waals surface area contributed by atoms with E-state index in [0.29, 0.717) is 38.4 Å². The molecule has 0 aliphatic heterocycles. The minimum atomic E-state index is 0.404. The van der Waals surface area contributed by atoms with Crippen molar-refractivity contribution in [3.05, 3.63) is 82.0 Å². The number of amides is 1. The zero-order valence-electron chi connectivity index (χ0n) is 17.7. The Morgan fingerprint density at radius 2 is 1.73 bits per heavy atom. The molecule has 33 heavy (non-hydrogen) atoms. The Labute approximate surface area is 204 Å². The third kappa shape index (κ3) is 3.91.